The highest BCUT2D eigenvalue weighted by Crippen LogP contribution is 2.33. The molecule has 2 aromatic carbocycles. The third kappa shape index (κ3) is 3.88. The van der Waals surface area contributed by atoms with Crippen molar-refractivity contribution in [1.29, 1.82) is 0 Å². The Kier molecular flexibility index (Phi) is 5.14. The lowest BCUT2D eigenvalue weighted by molar-refractivity contribution is 0.0661. The molecule has 25 heavy (non-hydrogen) atoms. The fourth-order valence-electron chi connectivity index (χ4n) is 2.55. The topological polar surface area (TPSA) is 59.7 Å². The highest BCUT2D eigenvalue weighted by atomic mass is 32.2. The van der Waals surface area contributed by atoms with Gasteiger partial charge >= 0.3 is 5.97 Å². The standard InChI is InChI=1S/C20H18O4S/c1-13-15(10-18(24-13)20(21)22)12-23-16-8-9-17(19(11-16)25-2)14-6-4-3-5-7-14/h3-11H,12H2,1-2H3,(H,21,22). The number of thioether (sulfide) groups is 1. The summed E-state index contributed by atoms with van der Waals surface area (Å²) >= 11 is 1.66. The van der Waals surface area contributed by atoms with Gasteiger partial charge in [0.05, 0.1) is 0 Å². The van der Waals surface area contributed by atoms with Crippen molar-refractivity contribution in [1.82, 2.24) is 0 Å². The maximum Gasteiger partial charge on any atom is 0.371 e. The second kappa shape index (κ2) is 7.49. The molecule has 0 atom stereocenters. The number of carboxylic acid groups (broad SMARTS) is 1. The van der Waals surface area contributed by atoms with Crippen LogP contribution in [0.25, 0.3) is 11.1 Å². The molecular weight excluding hydrogens is 336 g/mol. The van der Waals surface area contributed by atoms with Crippen LogP contribution in [0, 0.1) is 6.92 Å². The molecule has 1 aromatic heterocycles. The van der Waals surface area contributed by atoms with Crippen molar-refractivity contribution in [2.24, 2.45) is 0 Å². The molecule has 4 nitrogen and oxygen atoms in total. The molecule has 0 fully saturated rings. The van der Waals surface area contributed by atoms with E-state index >= 15 is 0 Å². The number of furan rings is 1. The van der Waals surface area contributed by atoms with Gasteiger partial charge in [0.25, 0.3) is 0 Å². The van der Waals surface area contributed by atoms with Gasteiger partial charge in [0.2, 0.25) is 5.76 Å². The Morgan fingerprint density at radius 3 is 2.56 bits per heavy atom. The summed E-state index contributed by atoms with van der Waals surface area (Å²) in [6.45, 7) is 2.00. The molecule has 5 heteroatoms. The Bertz CT molecular complexity index is 884. The van der Waals surface area contributed by atoms with E-state index in [0.29, 0.717) is 5.76 Å². The van der Waals surface area contributed by atoms with E-state index in [4.69, 9.17) is 14.3 Å². The zero-order chi connectivity index (χ0) is 17.8. The third-order valence-electron chi connectivity index (χ3n) is 3.88. The van der Waals surface area contributed by atoms with Crippen molar-refractivity contribution in [3.8, 4) is 16.9 Å². The number of rotatable bonds is 6. The summed E-state index contributed by atoms with van der Waals surface area (Å²) in [5.41, 5.74) is 3.05. The van der Waals surface area contributed by atoms with Crippen LogP contribution in [0.15, 0.2) is 63.9 Å². The largest absolute Gasteiger partial charge is 0.489 e. The van der Waals surface area contributed by atoms with E-state index < -0.39 is 5.97 Å². The highest BCUT2D eigenvalue weighted by Gasteiger charge is 2.14. The van der Waals surface area contributed by atoms with E-state index in [0.717, 1.165) is 27.3 Å². The SMILES string of the molecule is CSc1cc(OCc2cc(C(=O)O)oc2C)ccc1-c1ccccc1. The van der Waals surface area contributed by atoms with Gasteiger partial charge in [-0.1, -0.05) is 30.3 Å². The van der Waals surface area contributed by atoms with E-state index in [1.54, 1.807) is 18.7 Å². The molecule has 0 unspecified atom stereocenters. The summed E-state index contributed by atoms with van der Waals surface area (Å²) in [6, 6.07) is 17.7. The van der Waals surface area contributed by atoms with Gasteiger partial charge in [-0.25, -0.2) is 4.79 Å². The van der Waals surface area contributed by atoms with E-state index in [1.165, 1.54) is 6.07 Å². The van der Waals surface area contributed by atoms with Crippen molar-refractivity contribution in [2.45, 2.75) is 18.4 Å². The molecule has 0 bridgehead atoms. The van der Waals surface area contributed by atoms with Crippen molar-refractivity contribution in [3.05, 3.63) is 71.7 Å². The first-order chi connectivity index (χ1) is 12.1. The molecule has 3 rings (SSSR count). The number of carboxylic acids is 1. The van der Waals surface area contributed by atoms with Crippen LogP contribution < -0.4 is 4.74 Å². The number of ether oxygens (including phenoxy) is 1. The van der Waals surface area contributed by atoms with Crippen LogP contribution in [0.2, 0.25) is 0 Å². The number of hydrogen-bond acceptors (Lipinski definition) is 4. The molecule has 0 amide bonds. The van der Waals surface area contributed by atoms with E-state index in [2.05, 4.69) is 12.1 Å². The minimum absolute atomic E-state index is 0.0691. The molecule has 1 N–H and O–H groups in total. The zero-order valence-corrected chi connectivity index (χ0v) is 14.8. The molecule has 0 aliphatic heterocycles. The molecule has 1 heterocycles. The minimum Gasteiger partial charge on any atom is -0.489 e. The molecule has 128 valence electrons. The molecular formula is C20H18O4S. The molecule has 0 aliphatic carbocycles. The molecule has 3 aromatic rings. The number of carbonyl (C=O) groups is 1. The van der Waals surface area contributed by atoms with Crippen LogP contribution in [-0.4, -0.2) is 17.3 Å². The van der Waals surface area contributed by atoms with Crippen molar-refractivity contribution >= 4 is 17.7 Å². The van der Waals surface area contributed by atoms with Crippen LogP contribution >= 0.6 is 11.8 Å². The van der Waals surface area contributed by atoms with Gasteiger partial charge in [0.15, 0.2) is 0 Å². The molecule has 0 saturated carbocycles. The van der Waals surface area contributed by atoms with Crippen molar-refractivity contribution < 1.29 is 19.1 Å². The second-order valence-corrected chi connectivity index (χ2v) is 6.36. The average Bonchev–Trinajstić information content (AvgIpc) is 3.01. The smallest absolute Gasteiger partial charge is 0.371 e. The molecule has 0 aliphatic rings. The first-order valence-electron chi connectivity index (χ1n) is 7.77. The molecule has 0 spiro atoms. The zero-order valence-electron chi connectivity index (χ0n) is 14.0. The lowest BCUT2D eigenvalue weighted by Gasteiger charge is -2.11. The minimum atomic E-state index is -1.08. The first-order valence-corrected chi connectivity index (χ1v) is 9.00. The predicted octanol–water partition coefficient (Wildman–Crippen LogP) is 5.25. The van der Waals surface area contributed by atoms with Gasteiger partial charge in [-0.15, -0.1) is 11.8 Å². The number of aromatic carboxylic acids is 1. The van der Waals surface area contributed by atoms with Crippen LogP contribution in [-0.2, 0) is 6.61 Å². The summed E-state index contributed by atoms with van der Waals surface area (Å²) in [6.07, 6.45) is 2.03. The Morgan fingerprint density at radius 2 is 1.92 bits per heavy atom. The van der Waals surface area contributed by atoms with Gasteiger partial charge in [0.1, 0.15) is 18.1 Å². The quantitative estimate of drug-likeness (QED) is 0.612. The van der Waals surface area contributed by atoms with Crippen LogP contribution in [0.1, 0.15) is 21.9 Å². The number of aryl methyl sites for hydroxylation is 1. The van der Waals surface area contributed by atoms with Gasteiger partial charge < -0.3 is 14.3 Å². The third-order valence-corrected chi connectivity index (χ3v) is 4.66. The Labute approximate surface area is 150 Å². The maximum absolute atomic E-state index is 11.0. The van der Waals surface area contributed by atoms with Crippen molar-refractivity contribution in [3.63, 3.8) is 0 Å². The number of benzene rings is 2. The number of hydrogen-bond donors (Lipinski definition) is 1. The van der Waals surface area contributed by atoms with Crippen LogP contribution in [0.4, 0.5) is 0 Å². The van der Waals surface area contributed by atoms with Gasteiger partial charge in [-0.05, 0) is 48.6 Å². The van der Waals surface area contributed by atoms with Gasteiger partial charge in [-0.3, -0.25) is 0 Å². The second-order valence-electron chi connectivity index (χ2n) is 5.51. The average molecular weight is 354 g/mol. The lowest BCUT2D eigenvalue weighted by atomic mass is 10.1. The summed E-state index contributed by atoms with van der Waals surface area (Å²) in [4.78, 5) is 12.1. The van der Waals surface area contributed by atoms with Gasteiger partial charge in [0, 0.05) is 10.5 Å². The maximum atomic E-state index is 11.0. The Balaban J connectivity index is 1.79. The highest BCUT2D eigenvalue weighted by molar-refractivity contribution is 7.98. The van der Waals surface area contributed by atoms with E-state index in [-0.39, 0.29) is 12.4 Å². The molecule has 0 saturated heterocycles. The summed E-state index contributed by atoms with van der Waals surface area (Å²) in [5.74, 6) is 0.150. The van der Waals surface area contributed by atoms with Crippen LogP contribution in [0.3, 0.4) is 0 Å². The Morgan fingerprint density at radius 1 is 1.16 bits per heavy atom. The Hall–Kier alpha value is -2.66. The predicted molar refractivity (Wildman–Crippen MR) is 98.4 cm³/mol. The fraction of sp³-hybridized carbons (Fsp3) is 0.150. The van der Waals surface area contributed by atoms with Crippen molar-refractivity contribution in [2.75, 3.05) is 6.26 Å². The fourth-order valence-corrected chi connectivity index (χ4v) is 3.19. The van der Waals surface area contributed by atoms with E-state index in [1.807, 2.05) is 42.7 Å². The molecule has 0 radical (unpaired) electrons. The normalized spacial score (nSPS) is 10.6. The first kappa shape index (κ1) is 17.2. The summed E-state index contributed by atoms with van der Waals surface area (Å²) < 4.78 is 11.0. The van der Waals surface area contributed by atoms with Gasteiger partial charge in [-0.2, -0.15) is 0 Å². The lowest BCUT2D eigenvalue weighted by Crippen LogP contribution is -1.96. The monoisotopic (exact) mass is 354 g/mol. The summed E-state index contributed by atoms with van der Waals surface area (Å²) in [5, 5.41) is 8.98. The van der Waals surface area contributed by atoms with Crippen LogP contribution in [0.5, 0.6) is 5.75 Å². The summed E-state index contributed by atoms with van der Waals surface area (Å²) in [7, 11) is 0. The van der Waals surface area contributed by atoms with E-state index in [9.17, 15) is 4.79 Å².